The molecule has 6 heteroatoms. The van der Waals surface area contributed by atoms with Gasteiger partial charge in [-0.25, -0.2) is 0 Å². The fourth-order valence-electron chi connectivity index (χ4n) is 1.52. The van der Waals surface area contributed by atoms with E-state index in [0.717, 1.165) is 35.1 Å². The molecule has 96 valence electrons. The van der Waals surface area contributed by atoms with Crippen LogP contribution < -0.4 is 10.9 Å². The van der Waals surface area contributed by atoms with Crippen molar-refractivity contribution < 1.29 is 0 Å². The summed E-state index contributed by atoms with van der Waals surface area (Å²) in [7, 11) is 1.73. The van der Waals surface area contributed by atoms with E-state index in [0.29, 0.717) is 0 Å². The predicted octanol–water partition coefficient (Wildman–Crippen LogP) is 1.06. The van der Waals surface area contributed by atoms with E-state index < -0.39 is 0 Å². The minimum Gasteiger partial charge on any atom is -0.319 e. The number of hydrogen-bond acceptors (Lipinski definition) is 5. The monoisotopic (exact) mass is 264 g/mol. The lowest BCUT2D eigenvalue weighted by Gasteiger charge is -1.98. The molecule has 2 aromatic rings. The molecule has 0 bridgehead atoms. The highest BCUT2D eigenvalue weighted by Crippen LogP contribution is 2.21. The number of hydrogen-bond donors (Lipinski definition) is 1. The van der Waals surface area contributed by atoms with Gasteiger partial charge in [-0.05, 0) is 12.6 Å². The summed E-state index contributed by atoms with van der Waals surface area (Å²) in [6.07, 6.45) is 2.62. The first-order chi connectivity index (χ1) is 8.70. The van der Waals surface area contributed by atoms with Crippen LogP contribution >= 0.6 is 11.3 Å². The van der Waals surface area contributed by atoms with Gasteiger partial charge in [0.1, 0.15) is 10.0 Å². The Labute approximate surface area is 110 Å². The first kappa shape index (κ1) is 12.9. The summed E-state index contributed by atoms with van der Waals surface area (Å²) < 4.78 is 1.54. The first-order valence-electron chi connectivity index (χ1n) is 5.91. The second kappa shape index (κ2) is 5.88. The van der Waals surface area contributed by atoms with Crippen molar-refractivity contribution in [3.63, 3.8) is 0 Å². The van der Waals surface area contributed by atoms with Gasteiger partial charge in [-0.2, -0.15) is 0 Å². The van der Waals surface area contributed by atoms with Crippen LogP contribution in [0.4, 0.5) is 0 Å². The molecule has 0 aliphatic carbocycles. The highest BCUT2D eigenvalue weighted by Gasteiger charge is 2.07. The number of likely N-dealkylation sites (N-methyl/N-ethyl adjacent to an activating group) is 1. The molecule has 0 aromatic carbocycles. The van der Waals surface area contributed by atoms with E-state index in [1.54, 1.807) is 30.6 Å². The van der Waals surface area contributed by atoms with E-state index in [2.05, 4.69) is 22.4 Å². The highest BCUT2D eigenvalue weighted by molar-refractivity contribution is 7.14. The molecule has 0 aliphatic heterocycles. The van der Waals surface area contributed by atoms with Crippen LogP contribution in [0.5, 0.6) is 0 Å². The van der Waals surface area contributed by atoms with Crippen molar-refractivity contribution in [3.8, 4) is 10.6 Å². The quantitative estimate of drug-likeness (QED) is 0.820. The predicted molar refractivity (Wildman–Crippen MR) is 72.8 cm³/mol. The van der Waals surface area contributed by atoms with Crippen LogP contribution in [0, 0.1) is 0 Å². The van der Waals surface area contributed by atoms with Crippen molar-refractivity contribution in [1.82, 2.24) is 20.1 Å². The molecule has 0 unspecified atom stereocenters. The first-order valence-corrected chi connectivity index (χ1v) is 6.72. The molecule has 0 amide bonds. The summed E-state index contributed by atoms with van der Waals surface area (Å²) in [5.74, 6) is 0. The lowest BCUT2D eigenvalue weighted by molar-refractivity contribution is 0.710. The van der Waals surface area contributed by atoms with Gasteiger partial charge in [-0.15, -0.1) is 10.2 Å². The molecule has 2 heterocycles. The summed E-state index contributed by atoms with van der Waals surface area (Å²) in [4.78, 5) is 11.5. The molecule has 0 spiro atoms. The van der Waals surface area contributed by atoms with Crippen LogP contribution in [0.15, 0.2) is 23.1 Å². The molecule has 5 nitrogen and oxygen atoms in total. The van der Waals surface area contributed by atoms with Crippen LogP contribution in [0.3, 0.4) is 0 Å². The highest BCUT2D eigenvalue weighted by atomic mass is 32.1. The van der Waals surface area contributed by atoms with Gasteiger partial charge >= 0.3 is 0 Å². The Morgan fingerprint density at radius 2 is 2.28 bits per heavy atom. The number of nitrogens with zero attached hydrogens (tertiary/aromatic N) is 3. The number of rotatable bonds is 5. The zero-order valence-corrected chi connectivity index (χ0v) is 11.3. The normalized spacial score (nSPS) is 10.8. The smallest absolute Gasteiger partial charge is 0.250 e. The zero-order chi connectivity index (χ0) is 13.0. The van der Waals surface area contributed by atoms with Gasteiger partial charge in [0.05, 0.1) is 0 Å². The van der Waals surface area contributed by atoms with E-state index in [-0.39, 0.29) is 5.56 Å². The minimum atomic E-state index is -0.0306. The van der Waals surface area contributed by atoms with E-state index in [1.807, 2.05) is 6.07 Å². The lowest BCUT2D eigenvalue weighted by Crippen LogP contribution is -2.15. The van der Waals surface area contributed by atoms with Gasteiger partial charge in [-0.1, -0.05) is 18.3 Å². The molecule has 0 saturated carbocycles. The van der Waals surface area contributed by atoms with Gasteiger partial charge in [0, 0.05) is 37.8 Å². The van der Waals surface area contributed by atoms with Gasteiger partial charge in [0.25, 0.3) is 5.56 Å². The van der Waals surface area contributed by atoms with Gasteiger partial charge in [0.2, 0.25) is 0 Å². The largest absolute Gasteiger partial charge is 0.319 e. The maximum absolute atomic E-state index is 11.5. The summed E-state index contributed by atoms with van der Waals surface area (Å²) in [5, 5.41) is 13.3. The summed E-state index contributed by atoms with van der Waals surface area (Å²) in [5.41, 5.74) is 0.808. The Morgan fingerprint density at radius 1 is 1.44 bits per heavy atom. The second-order valence-electron chi connectivity index (χ2n) is 3.97. The third-order valence-electron chi connectivity index (χ3n) is 2.58. The van der Waals surface area contributed by atoms with Crippen molar-refractivity contribution in [1.29, 1.82) is 0 Å². The van der Waals surface area contributed by atoms with E-state index >= 15 is 0 Å². The average molecular weight is 264 g/mol. The van der Waals surface area contributed by atoms with Gasteiger partial charge in [-0.3, -0.25) is 4.79 Å². The van der Waals surface area contributed by atoms with Crippen molar-refractivity contribution in [2.24, 2.45) is 7.05 Å². The summed E-state index contributed by atoms with van der Waals surface area (Å²) >= 11 is 1.54. The Bertz CT molecular complexity index is 575. The van der Waals surface area contributed by atoms with Gasteiger partial charge in [0.15, 0.2) is 0 Å². The minimum absolute atomic E-state index is 0.0306. The number of nitrogens with one attached hydrogen (secondary N) is 1. The molecule has 0 atom stereocenters. The standard InChI is InChI=1S/C12H16N4OS/c1-3-13-6-4-10-14-15-12(18-10)9-5-7-16(2)11(17)8-9/h5,7-8,13H,3-4,6H2,1-2H3. The molecule has 1 N–H and O–H groups in total. The van der Waals surface area contributed by atoms with Crippen molar-refractivity contribution in [2.45, 2.75) is 13.3 Å². The Morgan fingerprint density at radius 3 is 3.00 bits per heavy atom. The number of aromatic nitrogens is 3. The Kier molecular flexibility index (Phi) is 4.22. The van der Waals surface area contributed by atoms with Crippen molar-refractivity contribution >= 4 is 11.3 Å². The second-order valence-corrected chi connectivity index (χ2v) is 5.03. The SMILES string of the molecule is CCNCCc1nnc(-c2ccn(C)c(=O)c2)s1. The molecule has 0 saturated heterocycles. The molecule has 0 aliphatic rings. The van der Waals surface area contributed by atoms with Crippen molar-refractivity contribution in [2.75, 3.05) is 13.1 Å². The maximum atomic E-state index is 11.5. The van der Waals surface area contributed by atoms with Gasteiger partial charge < -0.3 is 9.88 Å². The third kappa shape index (κ3) is 3.02. The van der Waals surface area contributed by atoms with E-state index in [9.17, 15) is 4.79 Å². The van der Waals surface area contributed by atoms with Crippen LogP contribution in [-0.4, -0.2) is 27.9 Å². The third-order valence-corrected chi connectivity index (χ3v) is 3.62. The van der Waals surface area contributed by atoms with Crippen LogP contribution in [0.1, 0.15) is 11.9 Å². The van der Waals surface area contributed by atoms with Crippen molar-refractivity contribution in [3.05, 3.63) is 33.7 Å². The average Bonchev–Trinajstić information content (AvgIpc) is 2.82. The van der Waals surface area contributed by atoms with Crippen LogP contribution in [0.2, 0.25) is 0 Å². The number of pyridine rings is 1. The molecular formula is C12H16N4OS. The fraction of sp³-hybridized carbons (Fsp3) is 0.417. The molecule has 2 aromatic heterocycles. The lowest BCUT2D eigenvalue weighted by atomic mass is 10.3. The molecule has 0 fully saturated rings. The summed E-state index contributed by atoms with van der Waals surface area (Å²) in [6, 6.07) is 3.48. The molecule has 0 radical (unpaired) electrons. The topological polar surface area (TPSA) is 59.8 Å². The molecule has 18 heavy (non-hydrogen) atoms. The summed E-state index contributed by atoms with van der Waals surface area (Å²) in [6.45, 7) is 3.94. The molecular weight excluding hydrogens is 248 g/mol. The van der Waals surface area contributed by atoms with E-state index in [4.69, 9.17) is 0 Å². The van der Waals surface area contributed by atoms with Crippen LogP contribution in [0.25, 0.3) is 10.6 Å². The maximum Gasteiger partial charge on any atom is 0.250 e. The fourth-order valence-corrected chi connectivity index (χ4v) is 2.36. The van der Waals surface area contributed by atoms with Crippen LogP contribution in [-0.2, 0) is 13.5 Å². The Balaban J connectivity index is 2.13. The molecule has 2 rings (SSSR count). The zero-order valence-electron chi connectivity index (χ0n) is 10.5. The number of aryl methyl sites for hydroxylation is 1. The Hall–Kier alpha value is -1.53. The van der Waals surface area contributed by atoms with E-state index in [1.165, 1.54) is 4.57 Å².